The fourth-order valence-electron chi connectivity index (χ4n) is 2.29. The summed E-state index contributed by atoms with van der Waals surface area (Å²) in [5.41, 5.74) is 0.698. The predicted molar refractivity (Wildman–Crippen MR) is 62.0 cm³/mol. The Morgan fingerprint density at radius 3 is 1.94 bits per heavy atom. The van der Waals surface area contributed by atoms with Crippen LogP contribution in [0.1, 0.15) is 22.1 Å². The van der Waals surface area contributed by atoms with Gasteiger partial charge in [0, 0.05) is 4.11 Å². The van der Waals surface area contributed by atoms with E-state index in [4.69, 9.17) is 4.11 Å². The Kier molecular flexibility index (Phi) is 1.36. The Bertz CT molecular complexity index is 589. The zero-order chi connectivity index (χ0) is 13.7. The van der Waals surface area contributed by atoms with Gasteiger partial charge in [-0.05, 0) is 29.1 Å². The molecular weight excluding hydrogens is 200 g/mol. The highest BCUT2D eigenvalue weighted by molar-refractivity contribution is 5.79. The van der Waals surface area contributed by atoms with Gasteiger partial charge in [-0.25, -0.2) is 4.89 Å². The van der Waals surface area contributed by atoms with Crippen LogP contribution >= 0.6 is 0 Å². The highest BCUT2D eigenvalue weighted by Crippen LogP contribution is 2.48. The van der Waals surface area contributed by atoms with Gasteiger partial charge < -0.3 is 0 Å². The summed E-state index contributed by atoms with van der Waals surface area (Å²) in [7, 11) is 0. The zero-order valence-electron chi connectivity index (χ0n) is 11.5. The van der Waals surface area contributed by atoms with E-state index in [2.05, 4.69) is 4.89 Å². The second-order valence-electron chi connectivity index (χ2n) is 3.86. The van der Waals surface area contributed by atoms with Gasteiger partial charge in [-0.3, -0.25) is 5.26 Å². The molecule has 2 nitrogen and oxygen atoms in total. The number of rotatable bonds is 1. The first-order valence-corrected chi connectivity index (χ1v) is 5.04. The molecule has 16 heavy (non-hydrogen) atoms. The zero-order valence-corrected chi connectivity index (χ0v) is 8.47. The van der Waals surface area contributed by atoms with Crippen LogP contribution < -0.4 is 0 Å². The fraction of sp³-hybridized carbons (Fsp3) is 0.143. The van der Waals surface area contributed by atoms with Gasteiger partial charge in [0.2, 0.25) is 0 Å². The van der Waals surface area contributed by atoms with Crippen molar-refractivity contribution < 1.29 is 14.3 Å². The Morgan fingerprint density at radius 2 is 1.50 bits per heavy atom. The Hall–Kier alpha value is -1.64. The molecule has 0 amide bonds. The number of hydrogen-bond acceptors (Lipinski definition) is 2. The van der Waals surface area contributed by atoms with E-state index in [1.807, 2.05) is 24.3 Å². The highest BCUT2D eigenvalue weighted by atomic mass is 17.1. The minimum absolute atomic E-state index is 0.471. The summed E-state index contributed by atoms with van der Waals surface area (Å²) in [5, 5.41) is 9.39. The van der Waals surface area contributed by atoms with Gasteiger partial charge in [-0.1, -0.05) is 48.5 Å². The van der Waals surface area contributed by atoms with E-state index in [-0.39, 0.29) is 0 Å². The minimum atomic E-state index is -2.51. The summed E-state index contributed by atoms with van der Waals surface area (Å²) in [6, 6.07) is 14.2. The molecule has 0 spiro atoms. The molecule has 0 atom stereocenters. The first-order chi connectivity index (χ1) is 9.02. The molecule has 0 heterocycles. The standard InChI is InChI=1S/C14H12O2/c1-14(16-15)12-8-4-2-6-10(12)11-7-3-5-9-13(11)14/h2-9,15H,1H3/i1D3. The lowest BCUT2D eigenvalue weighted by atomic mass is 9.94. The van der Waals surface area contributed by atoms with E-state index < -0.39 is 12.5 Å². The molecular formula is C14H12O2. The summed E-state index contributed by atoms with van der Waals surface area (Å²) in [6.07, 6.45) is 0. The second kappa shape index (κ2) is 3.17. The maximum absolute atomic E-state index is 9.39. The summed E-state index contributed by atoms with van der Waals surface area (Å²) in [6.45, 7) is -2.51. The smallest absolute Gasteiger partial charge is 0.152 e. The van der Waals surface area contributed by atoms with Crippen molar-refractivity contribution in [1.82, 2.24) is 0 Å². The van der Waals surface area contributed by atoms with Crippen molar-refractivity contribution in [1.29, 1.82) is 0 Å². The van der Waals surface area contributed by atoms with Crippen molar-refractivity contribution in [2.45, 2.75) is 12.5 Å². The molecule has 0 aromatic heterocycles. The van der Waals surface area contributed by atoms with Crippen LogP contribution in [-0.2, 0) is 10.5 Å². The maximum Gasteiger partial charge on any atom is 0.152 e. The highest BCUT2D eigenvalue weighted by Gasteiger charge is 2.40. The SMILES string of the molecule is [2H]C([2H])([2H])C1(OO)c2ccccc2-c2ccccc21. The van der Waals surface area contributed by atoms with Crippen molar-refractivity contribution in [2.24, 2.45) is 0 Å². The first kappa shape index (κ1) is 6.84. The molecule has 3 rings (SSSR count). The minimum Gasteiger partial charge on any atom is -0.251 e. The third-order valence-electron chi connectivity index (χ3n) is 3.04. The Balaban J connectivity index is 2.43. The van der Waals surface area contributed by atoms with E-state index in [9.17, 15) is 5.26 Å². The molecule has 0 aliphatic heterocycles. The molecule has 0 fully saturated rings. The van der Waals surface area contributed by atoms with Crippen molar-refractivity contribution in [3.05, 3.63) is 59.7 Å². The van der Waals surface area contributed by atoms with E-state index in [0.717, 1.165) is 11.1 Å². The normalized spacial score (nSPS) is 19.2. The van der Waals surface area contributed by atoms with Crippen LogP contribution in [-0.4, -0.2) is 5.26 Å². The summed E-state index contributed by atoms with van der Waals surface area (Å²) >= 11 is 0. The number of fused-ring (bicyclic) bond motifs is 3. The van der Waals surface area contributed by atoms with Crippen molar-refractivity contribution in [2.75, 3.05) is 0 Å². The Labute approximate surface area is 98.3 Å². The maximum atomic E-state index is 9.39. The van der Waals surface area contributed by atoms with Crippen molar-refractivity contribution in [3.8, 4) is 11.1 Å². The molecule has 0 radical (unpaired) electrons. The van der Waals surface area contributed by atoms with Crippen LogP contribution in [0.3, 0.4) is 0 Å². The molecule has 2 heteroatoms. The van der Waals surface area contributed by atoms with E-state index in [1.165, 1.54) is 0 Å². The van der Waals surface area contributed by atoms with E-state index in [1.54, 1.807) is 24.3 Å². The van der Waals surface area contributed by atoms with E-state index in [0.29, 0.717) is 11.1 Å². The van der Waals surface area contributed by atoms with Crippen LogP contribution in [0.2, 0.25) is 0 Å². The first-order valence-electron chi connectivity index (χ1n) is 6.54. The van der Waals surface area contributed by atoms with Gasteiger partial charge in [0.25, 0.3) is 0 Å². The predicted octanol–water partition coefficient (Wildman–Crippen LogP) is 3.42. The van der Waals surface area contributed by atoms with Gasteiger partial charge in [-0.15, -0.1) is 0 Å². The molecule has 1 aliphatic rings. The van der Waals surface area contributed by atoms with Crippen LogP contribution in [0.5, 0.6) is 0 Å². The second-order valence-corrected chi connectivity index (χ2v) is 3.86. The average molecular weight is 215 g/mol. The van der Waals surface area contributed by atoms with Gasteiger partial charge in [0.15, 0.2) is 5.60 Å². The lowest BCUT2D eigenvalue weighted by Crippen LogP contribution is -2.23. The molecule has 1 N–H and O–H groups in total. The van der Waals surface area contributed by atoms with Crippen LogP contribution in [0.15, 0.2) is 48.5 Å². The number of hydrogen-bond donors (Lipinski definition) is 1. The molecule has 2 aromatic carbocycles. The third-order valence-corrected chi connectivity index (χ3v) is 3.04. The van der Waals surface area contributed by atoms with Crippen LogP contribution in [0.4, 0.5) is 0 Å². The fourth-order valence-corrected chi connectivity index (χ4v) is 2.29. The molecule has 2 aromatic rings. The molecule has 0 unspecified atom stereocenters. The average Bonchev–Trinajstić information content (AvgIpc) is 2.69. The topological polar surface area (TPSA) is 29.5 Å². The molecule has 0 saturated carbocycles. The van der Waals surface area contributed by atoms with Gasteiger partial charge >= 0.3 is 0 Å². The van der Waals surface area contributed by atoms with Gasteiger partial charge in [0.1, 0.15) is 0 Å². The molecule has 1 aliphatic carbocycles. The molecule has 0 saturated heterocycles. The quantitative estimate of drug-likeness (QED) is 0.583. The summed E-state index contributed by atoms with van der Waals surface area (Å²) < 4.78 is 23.4. The van der Waals surface area contributed by atoms with Crippen molar-refractivity contribution in [3.63, 3.8) is 0 Å². The van der Waals surface area contributed by atoms with Gasteiger partial charge in [0.05, 0.1) is 0 Å². The number of benzene rings is 2. The molecule has 80 valence electrons. The monoisotopic (exact) mass is 215 g/mol. The summed E-state index contributed by atoms with van der Waals surface area (Å²) in [5.74, 6) is 0. The van der Waals surface area contributed by atoms with E-state index >= 15 is 0 Å². The largest absolute Gasteiger partial charge is 0.251 e. The van der Waals surface area contributed by atoms with Crippen LogP contribution in [0.25, 0.3) is 11.1 Å². The lowest BCUT2D eigenvalue weighted by molar-refractivity contribution is -0.308. The van der Waals surface area contributed by atoms with Crippen LogP contribution in [0, 0.1) is 0 Å². The lowest BCUT2D eigenvalue weighted by Gasteiger charge is -2.22. The summed E-state index contributed by atoms with van der Waals surface area (Å²) in [4.78, 5) is 4.55. The Morgan fingerprint density at radius 1 is 1.00 bits per heavy atom. The van der Waals surface area contributed by atoms with Crippen molar-refractivity contribution >= 4 is 0 Å². The van der Waals surface area contributed by atoms with Gasteiger partial charge in [-0.2, -0.15) is 0 Å². The third kappa shape index (κ3) is 1.03. The molecule has 0 bridgehead atoms.